The van der Waals surface area contributed by atoms with Gasteiger partial charge >= 0.3 is 0 Å². The zero-order valence-electron chi connectivity index (χ0n) is 12.1. The Morgan fingerprint density at radius 3 is 2.71 bits per heavy atom. The molecule has 5 heteroatoms. The Morgan fingerprint density at radius 2 is 2.00 bits per heavy atom. The molecule has 3 rings (SSSR count). The van der Waals surface area contributed by atoms with Gasteiger partial charge in [0.2, 0.25) is 0 Å². The molecular formula is C16H21ClN2O2. The van der Waals surface area contributed by atoms with Gasteiger partial charge in [-0.3, -0.25) is 15.0 Å². The van der Waals surface area contributed by atoms with Crippen molar-refractivity contribution in [2.45, 2.75) is 51.1 Å². The van der Waals surface area contributed by atoms with Gasteiger partial charge in [0.15, 0.2) is 0 Å². The van der Waals surface area contributed by atoms with Crippen molar-refractivity contribution in [1.29, 1.82) is 0 Å². The van der Waals surface area contributed by atoms with Crippen molar-refractivity contribution < 1.29 is 4.92 Å². The van der Waals surface area contributed by atoms with Crippen LogP contribution < -0.4 is 0 Å². The van der Waals surface area contributed by atoms with Crippen molar-refractivity contribution >= 4 is 17.3 Å². The fourth-order valence-corrected chi connectivity index (χ4v) is 4.12. The molecule has 0 spiro atoms. The third kappa shape index (κ3) is 3.22. The van der Waals surface area contributed by atoms with E-state index in [1.54, 1.807) is 12.1 Å². The number of nitro benzene ring substituents is 1. The molecule has 1 aromatic carbocycles. The van der Waals surface area contributed by atoms with Gasteiger partial charge in [-0.25, -0.2) is 0 Å². The second kappa shape index (κ2) is 6.32. The summed E-state index contributed by atoms with van der Waals surface area (Å²) in [6.07, 6.45) is 7.87. The molecule has 2 aliphatic rings. The minimum Gasteiger partial charge on any atom is -0.296 e. The van der Waals surface area contributed by atoms with Gasteiger partial charge in [-0.1, -0.05) is 24.4 Å². The molecule has 2 fully saturated rings. The van der Waals surface area contributed by atoms with Crippen LogP contribution in [0.15, 0.2) is 18.2 Å². The van der Waals surface area contributed by atoms with Crippen LogP contribution in [-0.2, 0) is 6.54 Å². The van der Waals surface area contributed by atoms with E-state index < -0.39 is 0 Å². The second-order valence-corrected chi connectivity index (χ2v) is 6.66. The van der Waals surface area contributed by atoms with E-state index in [4.69, 9.17) is 11.6 Å². The van der Waals surface area contributed by atoms with Gasteiger partial charge in [0.25, 0.3) is 5.69 Å². The van der Waals surface area contributed by atoms with Crippen LogP contribution >= 0.6 is 11.6 Å². The van der Waals surface area contributed by atoms with Crippen LogP contribution in [0.4, 0.5) is 5.69 Å². The minimum absolute atomic E-state index is 0.131. The topological polar surface area (TPSA) is 46.4 Å². The molecule has 0 radical (unpaired) electrons. The summed E-state index contributed by atoms with van der Waals surface area (Å²) in [4.78, 5) is 13.1. The number of non-ortho nitro benzene ring substituents is 1. The van der Waals surface area contributed by atoms with Crippen LogP contribution in [0.2, 0.25) is 5.02 Å². The maximum atomic E-state index is 10.9. The van der Waals surface area contributed by atoms with E-state index in [2.05, 4.69) is 4.90 Å². The predicted octanol–water partition coefficient (Wildman–Crippen LogP) is 4.40. The van der Waals surface area contributed by atoms with E-state index in [-0.39, 0.29) is 10.6 Å². The number of nitro groups is 1. The highest BCUT2D eigenvalue weighted by Crippen LogP contribution is 2.36. The van der Waals surface area contributed by atoms with Crippen LogP contribution in [0.5, 0.6) is 0 Å². The number of benzene rings is 1. The number of halogens is 1. The number of hydrogen-bond acceptors (Lipinski definition) is 3. The predicted molar refractivity (Wildman–Crippen MR) is 83.5 cm³/mol. The Labute approximate surface area is 130 Å². The Bertz CT molecular complexity index is 529. The molecule has 1 saturated carbocycles. The van der Waals surface area contributed by atoms with Crippen molar-refractivity contribution in [3.05, 3.63) is 38.9 Å². The highest BCUT2D eigenvalue weighted by atomic mass is 35.5. The smallest absolute Gasteiger partial charge is 0.269 e. The molecule has 0 bridgehead atoms. The van der Waals surface area contributed by atoms with Gasteiger partial charge in [0.05, 0.1) is 4.92 Å². The number of hydrogen-bond donors (Lipinski definition) is 0. The Kier molecular flexibility index (Phi) is 4.45. The minimum atomic E-state index is -0.349. The standard InChI is InChI=1S/C16H21ClN2O2/c17-15-8-7-14(19(20)21)10-13(15)11-18-9-3-6-16(18)12-4-1-2-5-12/h7-8,10,12,16H,1-6,9,11H2. The first kappa shape index (κ1) is 14.8. The summed E-state index contributed by atoms with van der Waals surface area (Å²) >= 11 is 6.24. The van der Waals surface area contributed by atoms with Crippen LogP contribution in [-0.4, -0.2) is 22.4 Å². The van der Waals surface area contributed by atoms with E-state index in [0.717, 1.165) is 24.6 Å². The summed E-state index contributed by atoms with van der Waals surface area (Å²) in [7, 11) is 0. The summed E-state index contributed by atoms with van der Waals surface area (Å²) in [6.45, 7) is 1.82. The van der Waals surface area contributed by atoms with Gasteiger partial charge in [-0.15, -0.1) is 0 Å². The molecule has 1 aliphatic heterocycles. The summed E-state index contributed by atoms with van der Waals surface area (Å²) < 4.78 is 0. The van der Waals surface area contributed by atoms with Gasteiger partial charge in [-0.05, 0) is 49.8 Å². The lowest BCUT2D eigenvalue weighted by molar-refractivity contribution is -0.384. The molecule has 1 heterocycles. The lowest BCUT2D eigenvalue weighted by Gasteiger charge is -2.29. The fourth-order valence-electron chi connectivity index (χ4n) is 3.94. The average Bonchev–Trinajstić information content (AvgIpc) is 3.11. The van der Waals surface area contributed by atoms with Crippen LogP contribution in [0.3, 0.4) is 0 Å². The van der Waals surface area contributed by atoms with Crippen LogP contribution in [0, 0.1) is 16.0 Å². The lowest BCUT2D eigenvalue weighted by atomic mass is 9.96. The van der Waals surface area contributed by atoms with Crippen molar-refractivity contribution in [3.8, 4) is 0 Å². The SMILES string of the molecule is O=[N+]([O-])c1ccc(Cl)c(CN2CCCC2C2CCCC2)c1. The molecule has 1 unspecified atom stereocenters. The second-order valence-electron chi connectivity index (χ2n) is 6.26. The van der Waals surface area contributed by atoms with Gasteiger partial charge < -0.3 is 0 Å². The molecule has 1 saturated heterocycles. The summed E-state index contributed by atoms with van der Waals surface area (Å²) in [6, 6.07) is 5.40. The highest BCUT2D eigenvalue weighted by Gasteiger charge is 2.33. The van der Waals surface area contributed by atoms with E-state index >= 15 is 0 Å². The largest absolute Gasteiger partial charge is 0.296 e. The molecule has 0 N–H and O–H groups in total. The first-order chi connectivity index (χ1) is 10.1. The fraction of sp³-hybridized carbons (Fsp3) is 0.625. The maximum absolute atomic E-state index is 10.9. The van der Waals surface area contributed by atoms with Crippen LogP contribution in [0.1, 0.15) is 44.1 Å². The zero-order valence-corrected chi connectivity index (χ0v) is 12.9. The van der Waals surface area contributed by atoms with Crippen molar-refractivity contribution in [2.24, 2.45) is 5.92 Å². The molecule has 114 valence electrons. The zero-order chi connectivity index (χ0) is 14.8. The van der Waals surface area contributed by atoms with E-state index in [1.807, 2.05) is 0 Å². The molecule has 4 nitrogen and oxygen atoms in total. The van der Waals surface area contributed by atoms with E-state index in [1.165, 1.54) is 44.6 Å². The molecular weight excluding hydrogens is 288 g/mol. The summed E-state index contributed by atoms with van der Waals surface area (Å²) in [5, 5.41) is 11.6. The summed E-state index contributed by atoms with van der Waals surface area (Å²) in [5.41, 5.74) is 1.02. The molecule has 1 aliphatic carbocycles. The lowest BCUT2D eigenvalue weighted by Crippen LogP contribution is -2.34. The van der Waals surface area contributed by atoms with Crippen molar-refractivity contribution in [3.63, 3.8) is 0 Å². The van der Waals surface area contributed by atoms with E-state index in [0.29, 0.717) is 11.1 Å². The Balaban J connectivity index is 1.75. The highest BCUT2D eigenvalue weighted by molar-refractivity contribution is 6.31. The molecule has 0 amide bonds. The molecule has 0 aromatic heterocycles. The van der Waals surface area contributed by atoms with Crippen molar-refractivity contribution in [2.75, 3.05) is 6.54 Å². The van der Waals surface area contributed by atoms with Gasteiger partial charge in [-0.2, -0.15) is 0 Å². The quantitative estimate of drug-likeness (QED) is 0.611. The van der Waals surface area contributed by atoms with Crippen LogP contribution in [0.25, 0.3) is 0 Å². The van der Waals surface area contributed by atoms with Gasteiger partial charge in [0, 0.05) is 29.7 Å². The van der Waals surface area contributed by atoms with Crippen molar-refractivity contribution in [1.82, 2.24) is 4.90 Å². The first-order valence-corrected chi connectivity index (χ1v) is 8.20. The Hall–Kier alpha value is -1.13. The van der Waals surface area contributed by atoms with Gasteiger partial charge in [0.1, 0.15) is 0 Å². The third-order valence-electron chi connectivity index (χ3n) is 4.97. The molecule has 21 heavy (non-hydrogen) atoms. The molecule has 1 atom stereocenters. The normalized spacial score (nSPS) is 23.8. The average molecular weight is 309 g/mol. The first-order valence-electron chi connectivity index (χ1n) is 7.82. The maximum Gasteiger partial charge on any atom is 0.269 e. The Morgan fingerprint density at radius 1 is 1.24 bits per heavy atom. The number of likely N-dealkylation sites (tertiary alicyclic amines) is 1. The monoisotopic (exact) mass is 308 g/mol. The van der Waals surface area contributed by atoms with E-state index in [9.17, 15) is 10.1 Å². The molecule has 1 aromatic rings. The number of nitrogens with zero attached hydrogens (tertiary/aromatic N) is 2. The number of rotatable bonds is 4. The third-order valence-corrected chi connectivity index (χ3v) is 5.34. The summed E-state index contributed by atoms with van der Waals surface area (Å²) in [5.74, 6) is 0.810.